The molecule has 176 valence electrons. The van der Waals surface area contributed by atoms with E-state index in [2.05, 4.69) is 24.6 Å². The number of hydrogen-bond donors (Lipinski definition) is 1. The molecule has 0 spiro atoms. The maximum Gasteiger partial charge on any atom is 0.339 e. The van der Waals surface area contributed by atoms with Gasteiger partial charge in [-0.1, -0.05) is 19.6 Å². The van der Waals surface area contributed by atoms with Gasteiger partial charge in [-0.05, 0) is 49.9 Å². The molecule has 1 fully saturated rings. The molecule has 1 aromatic carbocycles. The Morgan fingerprint density at radius 2 is 2.00 bits per heavy atom. The molecule has 6 nitrogen and oxygen atoms in total. The summed E-state index contributed by atoms with van der Waals surface area (Å²) in [6.07, 6.45) is 3.85. The monoisotopic (exact) mass is 470 g/mol. The second-order valence-electron chi connectivity index (χ2n) is 9.99. The molecule has 0 radical (unpaired) electrons. The van der Waals surface area contributed by atoms with Crippen LogP contribution in [0.2, 0.25) is 25.7 Å². The number of benzene rings is 1. The van der Waals surface area contributed by atoms with E-state index in [1.807, 2.05) is 10.6 Å². The van der Waals surface area contributed by atoms with Crippen molar-refractivity contribution in [3.63, 3.8) is 0 Å². The van der Waals surface area contributed by atoms with Gasteiger partial charge in [-0.25, -0.2) is 9.18 Å². The first-order valence-electron chi connectivity index (χ1n) is 11.4. The van der Waals surface area contributed by atoms with Crippen molar-refractivity contribution in [1.82, 2.24) is 9.55 Å². The molecule has 4 rings (SSSR count). The topological polar surface area (TPSA) is 73.6 Å². The van der Waals surface area contributed by atoms with Gasteiger partial charge in [-0.2, -0.15) is 0 Å². The van der Waals surface area contributed by atoms with Gasteiger partial charge in [0.25, 0.3) is 0 Å². The van der Waals surface area contributed by atoms with Crippen molar-refractivity contribution >= 4 is 25.1 Å². The zero-order valence-corrected chi connectivity index (χ0v) is 20.7. The number of carbonyl (C=O) groups is 1. The first kappa shape index (κ1) is 23.4. The van der Waals surface area contributed by atoms with Gasteiger partial charge < -0.3 is 19.1 Å². The number of nitrogens with zero attached hydrogens (tertiary/aromatic N) is 2. The number of carboxylic acids is 1. The zero-order valence-electron chi connectivity index (χ0n) is 19.7. The van der Waals surface area contributed by atoms with Crippen molar-refractivity contribution in [3.05, 3.63) is 47.5 Å². The second kappa shape index (κ2) is 9.27. The Kier molecular flexibility index (Phi) is 6.58. The van der Waals surface area contributed by atoms with Gasteiger partial charge in [0.05, 0.1) is 12.1 Å². The number of pyridine rings is 1. The average Bonchev–Trinajstić information content (AvgIpc) is 3.51. The van der Waals surface area contributed by atoms with E-state index in [0.717, 1.165) is 24.4 Å². The average molecular weight is 471 g/mol. The highest BCUT2D eigenvalue weighted by Crippen LogP contribution is 2.39. The van der Waals surface area contributed by atoms with Crippen molar-refractivity contribution in [2.24, 2.45) is 5.92 Å². The van der Waals surface area contributed by atoms with E-state index in [1.54, 1.807) is 19.2 Å². The summed E-state index contributed by atoms with van der Waals surface area (Å²) in [4.78, 5) is 16.5. The molecular weight excluding hydrogens is 439 g/mol. The third kappa shape index (κ3) is 5.28. The van der Waals surface area contributed by atoms with Crippen molar-refractivity contribution in [1.29, 1.82) is 0 Å². The van der Waals surface area contributed by atoms with E-state index < -0.39 is 14.0 Å². The number of fused-ring (bicyclic) bond motifs is 1. The Hall–Kier alpha value is -2.71. The van der Waals surface area contributed by atoms with E-state index in [-0.39, 0.29) is 18.1 Å². The first-order valence-corrected chi connectivity index (χ1v) is 15.1. The normalized spacial score (nSPS) is 14.1. The minimum atomic E-state index is -1.26. The van der Waals surface area contributed by atoms with Gasteiger partial charge in [0.2, 0.25) is 0 Å². The van der Waals surface area contributed by atoms with E-state index in [1.165, 1.54) is 12.1 Å². The molecule has 0 atom stereocenters. The number of aromatic nitrogens is 2. The maximum atomic E-state index is 14.1. The number of aromatic carboxylic acids is 1. The fourth-order valence-electron chi connectivity index (χ4n) is 3.88. The quantitative estimate of drug-likeness (QED) is 0.293. The molecular formula is C25H31FN2O4Si. The number of rotatable bonds is 10. The minimum Gasteiger partial charge on any atom is -0.493 e. The second-order valence-corrected chi connectivity index (χ2v) is 15.6. The van der Waals surface area contributed by atoms with Crippen LogP contribution in [0.4, 0.5) is 4.39 Å². The molecule has 1 aliphatic rings. The molecule has 2 aromatic heterocycles. The molecule has 0 amide bonds. The zero-order chi connectivity index (χ0) is 23.8. The summed E-state index contributed by atoms with van der Waals surface area (Å²) in [5, 5.41) is 9.90. The number of halogens is 1. The molecule has 1 saturated carbocycles. The molecule has 3 aromatic rings. The summed E-state index contributed by atoms with van der Waals surface area (Å²) in [6, 6.07) is 7.31. The standard InChI is InChI=1S/C25H31FN2O4Si/c1-16-22(25(29)30)23-24(28(16)15-31-11-12-33(2,3)4)20(9-10-27-23)19-8-7-18(26)13-21(19)32-14-17-5-6-17/h7-10,13,17H,5-6,11-12,14-15H2,1-4H3,(H,29,30). The Balaban J connectivity index is 1.79. The Bertz CT molecular complexity index is 1180. The summed E-state index contributed by atoms with van der Waals surface area (Å²) in [5.74, 6) is -0.436. The van der Waals surface area contributed by atoms with Crippen LogP contribution in [0.1, 0.15) is 28.9 Å². The molecule has 0 bridgehead atoms. The van der Waals surface area contributed by atoms with Crippen molar-refractivity contribution in [2.75, 3.05) is 13.2 Å². The smallest absolute Gasteiger partial charge is 0.339 e. The number of carboxylic acid groups (broad SMARTS) is 1. The summed E-state index contributed by atoms with van der Waals surface area (Å²) in [6.45, 7) is 10.0. The summed E-state index contributed by atoms with van der Waals surface area (Å²) in [7, 11) is -1.26. The van der Waals surface area contributed by atoms with Gasteiger partial charge in [0, 0.05) is 43.8 Å². The van der Waals surface area contributed by atoms with Crippen LogP contribution in [-0.4, -0.2) is 41.9 Å². The van der Waals surface area contributed by atoms with Crippen LogP contribution in [-0.2, 0) is 11.5 Å². The van der Waals surface area contributed by atoms with Gasteiger partial charge in [0.1, 0.15) is 29.4 Å². The van der Waals surface area contributed by atoms with E-state index >= 15 is 0 Å². The highest BCUT2D eigenvalue weighted by molar-refractivity contribution is 6.76. The lowest BCUT2D eigenvalue weighted by Crippen LogP contribution is -2.22. The lowest BCUT2D eigenvalue weighted by atomic mass is 10.0. The molecule has 8 heteroatoms. The van der Waals surface area contributed by atoms with Crippen molar-refractivity contribution in [2.45, 2.75) is 52.2 Å². The number of hydrogen-bond acceptors (Lipinski definition) is 4. The first-order chi connectivity index (χ1) is 15.7. The molecule has 0 saturated heterocycles. The lowest BCUT2D eigenvalue weighted by Gasteiger charge is -2.17. The Labute approximate surface area is 194 Å². The Morgan fingerprint density at radius 1 is 1.24 bits per heavy atom. The molecule has 1 aliphatic carbocycles. The van der Waals surface area contributed by atoms with Crippen LogP contribution >= 0.6 is 0 Å². The van der Waals surface area contributed by atoms with Crippen LogP contribution in [0.15, 0.2) is 30.5 Å². The third-order valence-corrected chi connectivity index (χ3v) is 7.74. The SMILES string of the molecule is Cc1c(C(=O)O)c2nccc(-c3ccc(F)cc3OCC3CC3)c2n1COCC[Si](C)(C)C. The molecule has 0 aliphatic heterocycles. The van der Waals surface area contributed by atoms with E-state index in [9.17, 15) is 14.3 Å². The lowest BCUT2D eigenvalue weighted by molar-refractivity contribution is 0.0694. The minimum absolute atomic E-state index is 0.156. The summed E-state index contributed by atoms with van der Waals surface area (Å²) in [5.41, 5.74) is 3.24. The molecule has 33 heavy (non-hydrogen) atoms. The fraction of sp³-hybridized carbons (Fsp3) is 0.440. The van der Waals surface area contributed by atoms with Crippen LogP contribution in [0, 0.1) is 18.7 Å². The summed E-state index contributed by atoms with van der Waals surface area (Å²) >= 11 is 0. The van der Waals surface area contributed by atoms with Gasteiger partial charge >= 0.3 is 5.97 Å². The summed E-state index contributed by atoms with van der Waals surface area (Å²) < 4.78 is 27.9. The fourth-order valence-corrected chi connectivity index (χ4v) is 4.64. The van der Waals surface area contributed by atoms with E-state index in [4.69, 9.17) is 9.47 Å². The third-order valence-electron chi connectivity index (χ3n) is 6.03. The van der Waals surface area contributed by atoms with Gasteiger partial charge in [-0.15, -0.1) is 0 Å². The highest BCUT2D eigenvalue weighted by Gasteiger charge is 2.26. The van der Waals surface area contributed by atoms with Gasteiger partial charge in [0.15, 0.2) is 0 Å². The van der Waals surface area contributed by atoms with Crippen LogP contribution < -0.4 is 4.74 Å². The molecule has 0 unspecified atom stereocenters. The maximum absolute atomic E-state index is 14.1. The van der Waals surface area contributed by atoms with Crippen molar-refractivity contribution < 1.29 is 23.8 Å². The van der Waals surface area contributed by atoms with Crippen LogP contribution in [0.25, 0.3) is 22.2 Å². The predicted molar refractivity (Wildman–Crippen MR) is 129 cm³/mol. The Morgan fingerprint density at radius 3 is 2.67 bits per heavy atom. The number of ether oxygens (including phenoxy) is 2. The van der Waals surface area contributed by atoms with Crippen molar-refractivity contribution in [3.8, 4) is 16.9 Å². The highest BCUT2D eigenvalue weighted by atomic mass is 28.3. The molecule has 2 heterocycles. The van der Waals surface area contributed by atoms with E-state index in [0.29, 0.717) is 47.2 Å². The van der Waals surface area contributed by atoms with Gasteiger partial charge in [-0.3, -0.25) is 4.98 Å². The van der Waals surface area contributed by atoms with Crippen LogP contribution in [0.3, 0.4) is 0 Å². The largest absolute Gasteiger partial charge is 0.493 e. The van der Waals surface area contributed by atoms with Crippen LogP contribution in [0.5, 0.6) is 5.75 Å². The molecule has 1 N–H and O–H groups in total. The predicted octanol–water partition coefficient (Wildman–Crippen LogP) is 5.95.